The quantitative estimate of drug-likeness (QED) is 0.765. The lowest BCUT2D eigenvalue weighted by Crippen LogP contribution is -2.12. The fourth-order valence-corrected chi connectivity index (χ4v) is 1.49. The number of anilines is 1. The summed E-state index contributed by atoms with van der Waals surface area (Å²) in [5, 5.41) is 18.0. The zero-order chi connectivity index (χ0) is 13.3. The molecule has 0 saturated carbocycles. The fourth-order valence-electron chi connectivity index (χ4n) is 1.49. The van der Waals surface area contributed by atoms with E-state index in [0.29, 0.717) is 17.1 Å². The second-order valence-electron chi connectivity index (χ2n) is 3.73. The highest BCUT2D eigenvalue weighted by molar-refractivity contribution is 6.03. The molecule has 0 spiro atoms. The van der Waals surface area contributed by atoms with Gasteiger partial charge < -0.3 is 14.8 Å². The number of aryl methyl sites for hydroxylation is 2. The van der Waals surface area contributed by atoms with Crippen LogP contribution < -0.4 is 5.32 Å². The maximum absolute atomic E-state index is 11.8. The van der Waals surface area contributed by atoms with Gasteiger partial charge in [-0.3, -0.25) is 9.89 Å². The largest absolute Gasteiger partial charge is 0.475 e. The van der Waals surface area contributed by atoms with Crippen LogP contribution in [0.2, 0.25) is 0 Å². The molecular weight excluding hydrogens is 238 g/mol. The van der Waals surface area contributed by atoms with E-state index in [0.717, 1.165) is 0 Å². The summed E-state index contributed by atoms with van der Waals surface area (Å²) in [6.07, 6.45) is 0. The number of aromatic carboxylic acids is 1. The molecule has 2 aromatic rings. The first kappa shape index (κ1) is 11.9. The van der Waals surface area contributed by atoms with E-state index < -0.39 is 11.9 Å². The van der Waals surface area contributed by atoms with Gasteiger partial charge in [0.25, 0.3) is 5.91 Å². The Bertz CT molecular complexity index is 592. The van der Waals surface area contributed by atoms with Crippen LogP contribution in [0, 0.1) is 13.8 Å². The number of aromatic amines is 1. The average molecular weight is 249 g/mol. The molecule has 7 heteroatoms. The first-order valence-corrected chi connectivity index (χ1v) is 5.15. The Kier molecular flexibility index (Phi) is 2.88. The third kappa shape index (κ3) is 2.10. The molecule has 0 radical (unpaired) electrons. The molecule has 2 aromatic heterocycles. The van der Waals surface area contributed by atoms with E-state index in [4.69, 9.17) is 9.52 Å². The van der Waals surface area contributed by atoms with E-state index in [1.807, 2.05) is 0 Å². The molecule has 94 valence electrons. The third-order valence-electron chi connectivity index (χ3n) is 2.41. The highest BCUT2D eigenvalue weighted by atomic mass is 16.4. The Morgan fingerprint density at radius 2 is 2.00 bits per heavy atom. The van der Waals surface area contributed by atoms with Gasteiger partial charge in [-0.05, 0) is 26.0 Å². The zero-order valence-electron chi connectivity index (χ0n) is 9.77. The molecular formula is C11H11N3O4. The average Bonchev–Trinajstić information content (AvgIpc) is 2.91. The number of carbonyl (C=O) groups is 2. The van der Waals surface area contributed by atoms with Crippen LogP contribution in [-0.4, -0.2) is 27.2 Å². The maximum atomic E-state index is 11.8. The summed E-state index contributed by atoms with van der Waals surface area (Å²) >= 11 is 0. The lowest BCUT2D eigenvalue weighted by atomic mass is 10.3. The molecule has 18 heavy (non-hydrogen) atoms. The minimum Gasteiger partial charge on any atom is -0.475 e. The van der Waals surface area contributed by atoms with Crippen molar-refractivity contribution in [2.45, 2.75) is 13.8 Å². The minimum absolute atomic E-state index is 0.0626. The lowest BCUT2D eigenvalue weighted by Gasteiger charge is -2.02. The van der Waals surface area contributed by atoms with Crippen LogP contribution in [0.4, 0.5) is 5.69 Å². The highest BCUT2D eigenvalue weighted by Gasteiger charge is 2.17. The Hall–Kier alpha value is -2.57. The van der Waals surface area contributed by atoms with Gasteiger partial charge in [0.15, 0.2) is 5.76 Å². The number of hydrogen-bond acceptors (Lipinski definition) is 4. The topological polar surface area (TPSA) is 108 Å². The predicted molar refractivity (Wildman–Crippen MR) is 61.7 cm³/mol. The van der Waals surface area contributed by atoms with Gasteiger partial charge in [-0.1, -0.05) is 0 Å². The molecule has 0 fully saturated rings. The molecule has 3 N–H and O–H groups in total. The summed E-state index contributed by atoms with van der Waals surface area (Å²) in [6.45, 7) is 3.50. The van der Waals surface area contributed by atoms with Crippen LogP contribution in [0.15, 0.2) is 16.5 Å². The van der Waals surface area contributed by atoms with Crippen LogP contribution in [0.5, 0.6) is 0 Å². The number of H-pyrrole nitrogens is 1. The van der Waals surface area contributed by atoms with Gasteiger partial charge in [0.2, 0.25) is 5.76 Å². The summed E-state index contributed by atoms with van der Waals surface area (Å²) in [4.78, 5) is 22.4. The minimum atomic E-state index is -1.22. The summed E-state index contributed by atoms with van der Waals surface area (Å²) in [5.74, 6) is -2.08. The van der Waals surface area contributed by atoms with Crippen LogP contribution in [0.1, 0.15) is 32.5 Å². The van der Waals surface area contributed by atoms with Crippen molar-refractivity contribution < 1.29 is 19.1 Å². The standard InChI is InChI=1S/C11H11N3O4/c1-5-9(6(2)14-13-5)12-10(15)7-3-4-8(18-7)11(16)17/h3-4H,1-2H3,(H,12,15)(H,13,14)(H,16,17). The van der Waals surface area contributed by atoms with Crippen molar-refractivity contribution in [3.8, 4) is 0 Å². The van der Waals surface area contributed by atoms with Crippen molar-refractivity contribution >= 4 is 17.6 Å². The van der Waals surface area contributed by atoms with Crippen LogP contribution in [-0.2, 0) is 0 Å². The highest BCUT2D eigenvalue weighted by Crippen LogP contribution is 2.18. The van der Waals surface area contributed by atoms with E-state index >= 15 is 0 Å². The van der Waals surface area contributed by atoms with Crippen LogP contribution in [0.3, 0.4) is 0 Å². The molecule has 1 amide bonds. The third-order valence-corrected chi connectivity index (χ3v) is 2.41. The monoisotopic (exact) mass is 249 g/mol. The van der Waals surface area contributed by atoms with Crippen molar-refractivity contribution in [1.82, 2.24) is 10.2 Å². The molecule has 0 aliphatic heterocycles. The smallest absolute Gasteiger partial charge is 0.371 e. The molecule has 0 saturated heterocycles. The first-order chi connectivity index (χ1) is 8.49. The number of furan rings is 1. The molecule has 0 aliphatic carbocycles. The number of nitrogens with zero attached hydrogens (tertiary/aromatic N) is 1. The molecule has 0 bridgehead atoms. The number of rotatable bonds is 3. The van der Waals surface area contributed by atoms with Gasteiger partial charge in [0.1, 0.15) is 0 Å². The van der Waals surface area contributed by atoms with E-state index in [1.54, 1.807) is 13.8 Å². The number of carboxylic acids is 1. The van der Waals surface area contributed by atoms with Crippen LogP contribution in [0.25, 0.3) is 0 Å². The summed E-state index contributed by atoms with van der Waals surface area (Å²) < 4.78 is 4.89. The number of carbonyl (C=O) groups excluding carboxylic acids is 1. The van der Waals surface area contributed by atoms with Gasteiger partial charge in [-0.25, -0.2) is 4.79 Å². The fraction of sp³-hybridized carbons (Fsp3) is 0.182. The number of nitrogens with one attached hydrogen (secondary N) is 2. The number of hydrogen-bond donors (Lipinski definition) is 3. The molecule has 7 nitrogen and oxygen atoms in total. The molecule has 0 aromatic carbocycles. The molecule has 0 aliphatic rings. The van der Waals surface area contributed by atoms with Gasteiger partial charge >= 0.3 is 5.97 Å². The van der Waals surface area contributed by atoms with Crippen molar-refractivity contribution in [2.24, 2.45) is 0 Å². The molecule has 2 heterocycles. The van der Waals surface area contributed by atoms with Gasteiger partial charge in [0.05, 0.1) is 17.1 Å². The number of aromatic nitrogens is 2. The van der Waals surface area contributed by atoms with Crippen molar-refractivity contribution in [2.75, 3.05) is 5.32 Å². The molecule has 0 atom stereocenters. The normalized spacial score (nSPS) is 10.3. The van der Waals surface area contributed by atoms with E-state index in [-0.39, 0.29) is 11.5 Å². The van der Waals surface area contributed by atoms with E-state index in [2.05, 4.69) is 15.5 Å². The van der Waals surface area contributed by atoms with Gasteiger partial charge in [-0.2, -0.15) is 5.10 Å². The van der Waals surface area contributed by atoms with Crippen LogP contribution >= 0.6 is 0 Å². The molecule has 0 unspecified atom stereocenters. The van der Waals surface area contributed by atoms with E-state index in [9.17, 15) is 9.59 Å². The second kappa shape index (κ2) is 4.36. The Labute approximate surface area is 102 Å². The predicted octanol–water partition coefficient (Wildman–Crippen LogP) is 1.57. The van der Waals surface area contributed by atoms with Crippen molar-refractivity contribution in [1.29, 1.82) is 0 Å². The number of amides is 1. The SMILES string of the molecule is Cc1n[nH]c(C)c1NC(=O)c1ccc(C(=O)O)o1. The Balaban J connectivity index is 2.19. The second-order valence-corrected chi connectivity index (χ2v) is 3.73. The Morgan fingerprint density at radius 3 is 2.50 bits per heavy atom. The summed E-state index contributed by atoms with van der Waals surface area (Å²) in [7, 11) is 0. The first-order valence-electron chi connectivity index (χ1n) is 5.15. The number of carboxylic acid groups (broad SMARTS) is 1. The zero-order valence-corrected chi connectivity index (χ0v) is 9.77. The van der Waals surface area contributed by atoms with Crippen molar-refractivity contribution in [3.05, 3.63) is 35.0 Å². The summed E-state index contributed by atoms with van der Waals surface area (Å²) in [6, 6.07) is 2.54. The lowest BCUT2D eigenvalue weighted by molar-refractivity contribution is 0.0660. The Morgan fingerprint density at radius 1 is 1.33 bits per heavy atom. The maximum Gasteiger partial charge on any atom is 0.371 e. The van der Waals surface area contributed by atoms with E-state index in [1.165, 1.54) is 12.1 Å². The summed E-state index contributed by atoms with van der Waals surface area (Å²) in [5.41, 5.74) is 1.92. The van der Waals surface area contributed by atoms with Crippen molar-refractivity contribution in [3.63, 3.8) is 0 Å². The molecule has 2 rings (SSSR count). The van der Waals surface area contributed by atoms with Gasteiger partial charge in [-0.15, -0.1) is 0 Å². The van der Waals surface area contributed by atoms with Gasteiger partial charge in [0, 0.05) is 0 Å².